The lowest BCUT2D eigenvalue weighted by Crippen LogP contribution is -2.50. The van der Waals surface area contributed by atoms with Crippen molar-refractivity contribution in [2.45, 2.75) is 45.3 Å². The van der Waals surface area contributed by atoms with Gasteiger partial charge in [-0.15, -0.1) is 0 Å². The molecular formula is C13H28N2O2. The van der Waals surface area contributed by atoms with Gasteiger partial charge in [-0.05, 0) is 31.7 Å². The molecule has 0 radical (unpaired) electrons. The highest BCUT2D eigenvalue weighted by Crippen LogP contribution is 2.22. The summed E-state index contributed by atoms with van der Waals surface area (Å²) in [6.07, 6.45) is 2.71. The zero-order chi connectivity index (χ0) is 12.7. The fourth-order valence-corrected chi connectivity index (χ4v) is 2.70. The number of likely N-dealkylation sites (N-methyl/N-ethyl adjacent to an activating group) is 1. The second-order valence-corrected chi connectivity index (χ2v) is 5.13. The summed E-state index contributed by atoms with van der Waals surface area (Å²) in [5.74, 6) is 0.579. The Morgan fingerprint density at radius 1 is 1.35 bits per heavy atom. The molecule has 1 rings (SSSR count). The van der Waals surface area contributed by atoms with E-state index < -0.39 is 0 Å². The van der Waals surface area contributed by atoms with Gasteiger partial charge in [0, 0.05) is 25.7 Å². The van der Waals surface area contributed by atoms with Crippen molar-refractivity contribution in [3.05, 3.63) is 0 Å². The van der Waals surface area contributed by atoms with E-state index in [1.165, 1.54) is 0 Å². The minimum Gasteiger partial charge on any atom is -0.395 e. The van der Waals surface area contributed by atoms with Crippen molar-refractivity contribution < 1.29 is 10.2 Å². The van der Waals surface area contributed by atoms with Crippen LogP contribution >= 0.6 is 0 Å². The van der Waals surface area contributed by atoms with Gasteiger partial charge in [0.2, 0.25) is 0 Å². The molecular weight excluding hydrogens is 216 g/mol. The summed E-state index contributed by atoms with van der Waals surface area (Å²) in [5.41, 5.74) is 0. The van der Waals surface area contributed by atoms with Crippen LogP contribution in [0.25, 0.3) is 0 Å². The molecule has 3 atom stereocenters. The van der Waals surface area contributed by atoms with E-state index in [9.17, 15) is 5.11 Å². The Morgan fingerprint density at radius 2 is 2.12 bits per heavy atom. The van der Waals surface area contributed by atoms with E-state index in [4.69, 9.17) is 5.11 Å². The Hall–Kier alpha value is -0.160. The van der Waals surface area contributed by atoms with Crippen molar-refractivity contribution in [2.24, 2.45) is 5.92 Å². The molecule has 1 heterocycles. The number of likely N-dealkylation sites (tertiary alicyclic amines) is 1. The lowest BCUT2D eigenvalue weighted by atomic mass is 9.89. The van der Waals surface area contributed by atoms with E-state index in [-0.39, 0.29) is 12.7 Å². The highest BCUT2D eigenvalue weighted by molar-refractivity contribution is 4.84. The number of rotatable bonds is 7. The molecule has 1 aliphatic rings. The van der Waals surface area contributed by atoms with Gasteiger partial charge in [-0.3, -0.25) is 0 Å². The summed E-state index contributed by atoms with van der Waals surface area (Å²) in [4.78, 5) is 2.44. The number of nitrogens with zero attached hydrogens (tertiary/aromatic N) is 1. The Labute approximate surface area is 105 Å². The summed E-state index contributed by atoms with van der Waals surface area (Å²) in [5, 5.41) is 22.0. The van der Waals surface area contributed by atoms with Gasteiger partial charge < -0.3 is 20.4 Å². The van der Waals surface area contributed by atoms with Crippen LogP contribution in [0.1, 0.15) is 33.1 Å². The fraction of sp³-hybridized carbons (Fsp3) is 1.00. The molecule has 3 N–H and O–H groups in total. The third-order valence-electron chi connectivity index (χ3n) is 3.68. The highest BCUT2D eigenvalue weighted by atomic mass is 16.3. The first-order valence-electron chi connectivity index (χ1n) is 6.94. The van der Waals surface area contributed by atoms with Crippen molar-refractivity contribution >= 4 is 0 Å². The first-order chi connectivity index (χ1) is 8.19. The van der Waals surface area contributed by atoms with Crippen LogP contribution in [0.15, 0.2) is 0 Å². The molecule has 0 aromatic heterocycles. The van der Waals surface area contributed by atoms with Crippen molar-refractivity contribution in [3.8, 4) is 0 Å². The molecule has 17 heavy (non-hydrogen) atoms. The van der Waals surface area contributed by atoms with E-state index >= 15 is 0 Å². The van der Waals surface area contributed by atoms with Gasteiger partial charge in [0.25, 0.3) is 0 Å². The van der Waals surface area contributed by atoms with Crippen LogP contribution in [-0.4, -0.2) is 60.0 Å². The van der Waals surface area contributed by atoms with E-state index in [1.54, 1.807) is 0 Å². The Kier molecular flexibility index (Phi) is 7.04. The second-order valence-electron chi connectivity index (χ2n) is 5.13. The van der Waals surface area contributed by atoms with Gasteiger partial charge in [-0.25, -0.2) is 0 Å². The molecule has 0 saturated carbocycles. The smallest absolute Gasteiger partial charge is 0.0556 e. The molecule has 0 spiro atoms. The zero-order valence-corrected chi connectivity index (χ0v) is 11.2. The predicted octanol–water partition coefficient (Wildman–Crippen LogP) is 0.440. The molecule has 3 unspecified atom stereocenters. The molecule has 1 saturated heterocycles. The largest absolute Gasteiger partial charge is 0.395 e. The molecule has 0 amide bonds. The van der Waals surface area contributed by atoms with Crippen LogP contribution in [0, 0.1) is 5.92 Å². The van der Waals surface area contributed by atoms with Gasteiger partial charge in [0.15, 0.2) is 0 Å². The van der Waals surface area contributed by atoms with Gasteiger partial charge in [-0.1, -0.05) is 13.8 Å². The summed E-state index contributed by atoms with van der Waals surface area (Å²) in [7, 11) is 0. The molecule has 102 valence electrons. The lowest BCUT2D eigenvalue weighted by molar-refractivity contribution is 0.0851. The molecule has 0 aromatic carbocycles. The average molecular weight is 244 g/mol. The maximum Gasteiger partial charge on any atom is 0.0556 e. The number of aliphatic hydroxyl groups is 2. The third kappa shape index (κ3) is 5.34. The van der Waals surface area contributed by atoms with E-state index in [2.05, 4.69) is 17.1 Å². The molecule has 4 nitrogen and oxygen atoms in total. The second kappa shape index (κ2) is 8.03. The maximum atomic E-state index is 9.75. The maximum absolute atomic E-state index is 9.75. The summed E-state index contributed by atoms with van der Waals surface area (Å²) < 4.78 is 0. The van der Waals surface area contributed by atoms with Crippen molar-refractivity contribution in [1.82, 2.24) is 10.2 Å². The minimum atomic E-state index is -0.157. The normalized spacial score (nSPS) is 28.2. The van der Waals surface area contributed by atoms with Gasteiger partial charge >= 0.3 is 0 Å². The molecule has 0 aliphatic carbocycles. The number of hydrogen-bond donors (Lipinski definition) is 3. The van der Waals surface area contributed by atoms with Crippen molar-refractivity contribution in [3.63, 3.8) is 0 Å². The van der Waals surface area contributed by atoms with Gasteiger partial charge in [0.1, 0.15) is 0 Å². The van der Waals surface area contributed by atoms with E-state index in [1.807, 2.05) is 6.92 Å². The topological polar surface area (TPSA) is 55.7 Å². The third-order valence-corrected chi connectivity index (χ3v) is 3.68. The lowest BCUT2D eigenvalue weighted by Gasteiger charge is -2.38. The first-order valence-corrected chi connectivity index (χ1v) is 6.94. The summed E-state index contributed by atoms with van der Waals surface area (Å²) >= 11 is 0. The van der Waals surface area contributed by atoms with E-state index in [0.717, 1.165) is 38.9 Å². The average Bonchev–Trinajstić information content (AvgIpc) is 2.35. The summed E-state index contributed by atoms with van der Waals surface area (Å²) in [6, 6.07) is 0.463. The SMILES string of the molecule is CCC(O)CC1CC(NCCO)CN(CC)C1. The highest BCUT2D eigenvalue weighted by Gasteiger charge is 2.27. The number of hydrogen-bond acceptors (Lipinski definition) is 4. The zero-order valence-electron chi connectivity index (χ0n) is 11.2. The predicted molar refractivity (Wildman–Crippen MR) is 70.0 cm³/mol. The van der Waals surface area contributed by atoms with E-state index in [0.29, 0.717) is 18.5 Å². The van der Waals surface area contributed by atoms with Crippen LogP contribution < -0.4 is 5.32 Å². The fourth-order valence-electron chi connectivity index (χ4n) is 2.70. The van der Waals surface area contributed by atoms with Gasteiger partial charge in [-0.2, -0.15) is 0 Å². The minimum absolute atomic E-state index is 0.157. The van der Waals surface area contributed by atoms with Crippen LogP contribution in [0.2, 0.25) is 0 Å². The molecule has 0 bridgehead atoms. The Bertz CT molecular complexity index is 200. The van der Waals surface area contributed by atoms with Crippen LogP contribution in [-0.2, 0) is 0 Å². The number of piperidine rings is 1. The quantitative estimate of drug-likeness (QED) is 0.608. The molecule has 4 heteroatoms. The Morgan fingerprint density at radius 3 is 2.71 bits per heavy atom. The van der Waals surface area contributed by atoms with Crippen LogP contribution in [0.5, 0.6) is 0 Å². The number of nitrogens with one attached hydrogen (secondary N) is 1. The molecule has 1 aliphatic heterocycles. The van der Waals surface area contributed by atoms with Gasteiger partial charge in [0.05, 0.1) is 12.7 Å². The monoisotopic (exact) mass is 244 g/mol. The molecule has 0 aromatic rings. The number of aliphatic hydroxyl groups excluding tert-OH is 2. The van der Waals surface area contributed by atoms with Crippen LogP contribution in [0.4, 0.5) is 0 Å². The first kappa shape index (κ1) is 14.9. The van der Waals surface area contributed by atoms with Crippen LogP contribution in [0.3, 0.4) is 0 Å². The Balaban J connectivity index is 2.42. The van der Waals surface area contributed by atoms with Crippen molar-refractivity contribution in [2.75, 3.05) is 32.8 Å². The molecule has 1 fully saturated rings. The standard InChI is InChI=1S/C13H28N2O2/c1-3-13(17)8-11-7-12(14-5-6-16)10-15(4-2)9-11/h11-14,16-17H,3-10H2,1-2H3. The summed E-state index contributed by atoms with van der Waals surface area (Å²) in [6.45, 7) is 8.32. The van der Waals surface area contributed by atoms with Crippen molar-refractivity contribution in [1.29, 1.82) is 0 Å².